The molecular formula is C16H19Cl2F2N3O2. The third kappa shape index (κ3) is 5.80. The van der Waals surface area contributed by atoms with Crippen molar-refractivity contribution < 1.29 is 18.4 Å². The zero-order valence-electron chi connectivity index (χ0n) is 13.4. The number of likely N-dealkylation sites (tertiary alicyclic amines) is 1. The maximum absolute atomic E-state index is 13.1. The molecule has 2 amide bonds. The van der Waals surface area contributed by atoms with Crippen LogP contribution in [0.4, 0.5) is 8.78 Å². The second-order valence-corrected chi connectivity index (χ2v) is 6.85. The van der Waals surface area contributed by atoms with E-state index in [1.165, 1.54) is 0 Å². The van der Waals surface area contributed by atoms with Gasteiger partial charge in [-0.3, -0.25) is 9.59 Å². The van der Waals surface area contributed by atoms with Gasteiger partial charge in [0.05, 0.1) is 22.6 Å². The van der Waals surface area contributed by atoms with Gasteiger partial charge in [0.1, 0.15) is 0 Å². The van der Waals surface area contributed by atoms with Crippen molar-refractivity contribution in [3.8, 4) is 0 Å². The summed E-state index contributed by atoms with van der Waals surface area (Å²) >= 11 is 11.7. The average Bonchev–Trinajstić information content (AvgIpc) is 2.92. The molecule has 0 spiro atoms. The lowest BCUT2D eigenvalue weighted by Crippen LogP contribution is -2.44. The molecule has 0 aliphatic carbocycles. The van der Waals surface area contributed by atoms with Crippen molar-refractivity contribution in [3.05, 3.63) is 33.8 Å². The minimum atomic E-state index is -2.85. The van der Waals surface area contributed by atoms with E-state index in [-0.39, 0.29) is 38.3 Å². The predicted molar refractivity (Wildman–Crippen MR) is 91.7 cm³/mol. The molecule has 1 heterocycles. The molecular weight excluding hydrogens is 375 g/mol. The molecule has 1 atom stereocenters. The maximum atomic E-state index is 13.1. The number of nitrogens with one attached hydrogen (secondary N) is 1. The Bertz CT molecular complexity index is 658. The molecule has 1 aliphatic rings. The summed E-state index contributed by atoms with van der Waals surface area (Å²) in [6, 6.07) is 4.04. The monoisotopic (exact) mass is 393 g/mol. The largest absolute Gasteiger partial charge is 0.352 e. The standard InChI is InChI=1S/C16H19Cl2F2N3O2/c17-11-2-1-10(7-12(11)18)8-22-14(24)4-3-13(21)15(25)23-6-5-16(19,20)9-23/h1-2,7,13H,3-6,8-9,21H2,(H,22,24). The SMILES string of the molecule is NC(CCC(=O)NCc1ccc(Cl)c(Cl)c1)C(=O)N1CCC(F)(F)C1. The van der Waals surface area contributed by atoms with Crippen molar-refractivity contribution in [2.24, 2.45) is 5.73 Å². The Morgan fingerprint density at radius 1 is 1.32 bits per heavy atom. The zero-order valence-corrected chi connectivity index (χ0v) is 14.9. The van der Waals surface area contributed by atoms with Gasteiger partial charge in [-0.25, -0.2) is 8.78 Å². The van der Waals surface area contributed by atoms with Crippen molar-refractivity contribution in [2.45, 2.75) is 37.8 Å². The normalized spacial score (nSPS) is 17.4. The van der Waals surface area contributed by atoms with E-state index < -0.39 is 24.4 Å². The van der Waals surface area contributed by atoms with E-state index in [1.807, 2.05) is 0 Å². The van der Waals surface area contributed by atoms with Crippen molar-refractivity contribution >= 4 is 35.0 Å². The second-order valence-electron chi connectivity index (χ2n) is 6.04. The fraction of sp³-hybridized carbons (Fsp3) is 0.500. The smallest absolute Gasteiger partial charge is 0.267 e. The Morgan fingerprint density at radius 2 is 2.04 bits per heavy atom. The lowest BCUT2D eigenvalue weighted by molar-refractivity contribution is -0.133. The quantitative estimate of drug-likeness (QED) is 0.779. The van der Waals surface area contributed by atoms with Crippen LogP contribution in [0.15, 0.2) is 18.2 Å². The number of hydrogen-bond donors (Lipinski definition) is 2. The van der Waals surface area contributed by atoms with Gasteiger partial charge in [0.25, 0.3) is 5.92 Å². The van der Waals surface area contributed by atoms with E-state index in [1.54, 1.807) is 18.2 Å². The number of halogens is 4. The number of nitrogens with two attached hydrogens (primary N) is 1. The molecule has 1 fully saturated rings. The van der Waals surface area contributed by atoms with Crippen LogP contribution in [0.1, 0.15) is 24.8 Å². The van der Waals surface area contributed by atoms with Crippen molar-refractivity contribution in [3.63, 3.8) is 0 Å². The maximum Gasteiger partial charge on any atom is 0.267 e. The summed E-state index contributed by atoms with van der Waals surface area (Å²) in [5.74, 6) is -3.69. The van der Waals surface area contributed by atoms with E-state index in [2.05, 4.69) is 5.32 Å². The van der Waals surface area contributed by atoms with Crippen LogP contribution < -0.4 is 11.1 Å². The number of carbonyl (C=O) groups is 2. The Kier molecular flexibility index (Phi) is 6.59. The van der Waals surface area contributed by atoms with Gasteiger partial charge in [0.15, 0.2) is 0 Å². The summed E-state index contributed by atoms with van der Waals surface area (Å²) in [6.45, 7) is -0.358. The van der Waals surface area contributed by atoms with Crippen molar-refractivity contribution in [2.75, 3.05) is 13.1 Å². The molecule has 0 bridgehead atoms. The van der Waals surface area contributed by atoms with Crippen LogP contribution in [0.25, 0.3) is 0 Å². The molecule has 138 valence electrons. The van der Waals surface area contributed by atoms with E-state index in [9.17, 15) is 18.4 Å². The first-order valence-electron chi connectivity index (χ1n) is 7.81. The van der Waals surface area contributed by atoms with Crippen molar-refractivity contribution in [1.82, 2.24) is 10.2 Å². The number of hydrogen-bond acceptors (Lipinski definition) is 3. The summed E-state index contributed by atoms with van der Waals surface area (Å²) in [4.78, 5) is 24.9. The summed E-state index contributed by atoms with van der Waals surface area (Å²) in [6.07, 6.45) is -0.234. The van der Waals surface area contributed by atoms with Gasteiger partial charge in [0, 0.05) is 25.9 Å². The highest BCUT2D eigenvalue weighted by Gasteiger charge is 2.41. The fourth-order valence-corrected chi connectivity index (χ4v) is 2.83. The van der Waals surface area contributed by atoms with Crippen LogP contribution in [-0.4, -0.2) is 41.8 Å². The summed E-state index contributed by atoms with van der Waals surface area (Å²) in [7, 11) is 0. The first-order chi connectivity index (χ1) is 11.7. The molecule has 0 saturated carbocycles. The summed E-state index contributed by atoms with van der Waals surface area (Å²) in [5, 5.41) is 3.50. The first-order valence-corrected chi connectivity index (χ1v) is 8.56. The molecule has 1 aliphatic heterocycles. The lowest BCUT2D eigenvalue weighted by atomic mass is 10.1. The van der Waals surface area contributed by atoms with E-state index >= 15 is 0 Å². The van der Waals surface area contributed by atoms with Crippen molar-refractivity contribution in [1.29, 1.82) is 0 Å². The number of amides is 2. The average molecular weight is 394 g/mol. The van der Waals surface area contributed by atoms with Gasteiger partial charge >= 0.3 is 0 Å². The van der Waals surface area contributed by atoms with E-state index in [0.29, 0.717) is 10.0 Å². The Morgan fingerprint density at radius 3 is 2.64 bits per heavy atom. The molecule has 0 radical (unpaired) electrons. The highest BCUT2D eigenvalue weighted by Crippen LogP contribution is 2.27. The third-order valence-corrected chi connectivity index (χ3v) is 4.69. The Labute approximate surface area is 154 Å². The highest BCUT2D eigenvalue weighted by atomic mass is 35.5. The molecule has 1 aromatic rings. The molecule has 1 saturated heterocycles. The zero-order chi connectivity index (χ0) is 18.6. The summed E-state index contributed by atoms with van der Waals surface area (Å²) in [5.41, 5.74) is 6.51. The Hall–Kier alpha value is -1.44. The molecule has 0 aromatic heterocycles. The molecule has 25 heavy (non-hydrogen) atoms. The van der Waals surface area contributed by atoms with Crippen LogP contribution in [-0.2, 0) is 16.1 Å². The molecule has 5 nitrogen and oxygen atoms in total. The van der Waals surface area contributed by atoms with Crippen LogP contribution in [0, 0.1) is 0 Å². The molecule has 1 unspecified atom stereocenters. The highest BCUT2D eigenvalue weighted by molar-refractivity contribution is 6.42. The first kappa shape index (κ1) is 19.9. The van der Waals surface area contributed by atoms with Crippen LogP contribution >= 0.6 is 23.2 Å². The molecule has 3 N–H and O–H groups in total. The minimum absolute atomic E-state index is 0.0109. The number of nitrogens with zero attached hydrogens (tertiary/aromatic N) is 1. The van der Waals surface area contributed by atoms with Gasteiger partial charge in [0.2, 0.25) is 11.8 Å². The van der Waals surface area contributed by atoms with Crippen LogP contribution in [0.2, 0.25) is 10.0 Å². The van der Waals surface area contributed by atoms with E-state index in [0.717, 1.165) is 10.5 Å². The minimum Gasteiger partial charge on any atom is -0.352 e. The van der Waals surface area contributed by atoms with E-state index in [4.69, 9.17) is 28.9 Å². The number of alkyl halides is 2. The topological polar surface area (TPSA) is 75.4 Å². The Balaban J connectivity index is 1.73. The summed E-state index contributed by atoms with van der Waals surface area (Å²) < 4.78 is 26.3. The van der Waals surface area contributed by atoms with Crippen LogP contribution in [0.5, 0.6) is 0 Å². The van der Waals surface area contributed by atoms with Gasteiger partial charge in [-0.05, 0) is 24.1 Å². The molecule has 1 aromatic carbocycles. The van der Waals surface area contributed by atoms with Gasteiger partial charge in [-0.2, -0.15) is 0 Å². The number of benzene rings is 1. The number of rotatable bonds is 6. The van der Waals surface area contributed by atoms with Gasteiger partial charge in [-0.1, -0.05) is 29.3 Å². The third-order valence-electron chi connectivity index (χ3n) is 3.95. The van der Waals surface area contributed by atoms with Gasteiger partial charge in [-0.15, -0.1) is 0 Å². The van der Waals surface area contributed by atoms with Crippen LogP contribution in [0.3, 0.4) is 0 Å². The number of carbonyl (C=O) groups excluding carboxylic acids is 2. The fourth-order valence-electron chi connectivity index (χ4n) is 2.51. The molecule has 2 rings (SSSR count). The lowest BCUT2D eigenvalue weighted by Gasteiger charge is -2.20. The van der Waals surface area contributed by atoms with Gasteiger partial charge < -0.3 is 16.0 Å². The predicted octanol–water partition coefficient (Wildman–Crippen LogP) is 2.58. The second kappa shape index (κ2) is 8.29. The molecule has 9 heteroatoms.